The number of rotatable bonds is 6. The van der Waals surface area contributed by atoms with Gasteiger partial charge in [0, 0.05) is 29.7 Å². The summed E-state index contributed by atoms with van der Waals surface area (Å²) in [5.74, 6) is 1.63. The number of nitrogens with one attached hydrogen (secondary N) is 1. The second-order valence-corrected chi connectivity index (χ2v) is 6.38. The molecule has 0 bridgehead atoms. The van der Waals surface area contributed by atoms with Crippen molar-refractivity contribution in [2.75, 3.05) is 26.6 Å². The molecule has 0 spiro atoms. The zero-order chi connectivity index (χ0) is 21.1. The molecule has 0 fully saturated rings. The highest BCUT2D eigenvalue weighted by molar-refractivity contribution is 5.90. The van der Waals surface area contributed by atoms with Crippen molar-refractivity contribution in [3.63, 3.8) is 0 Å². The van der Waals surface area contributed by atoms with Gasteiger partial charge in [0.2, 0.25) is 0 Å². The Morgan fingerprint density at radius 2 is 1.77 bits per heavy atom. The number of benzene rings is 2. The van der Waals surface area contributed by atoms with Crippen LogP contribution >= 0.6 is 0 Å². The number of anilines is 2. The van der Waals surface area contributed by atoms with Gasteiger partial charge < -0.3 is 19.5 Å². The molecule has 0 saturated heterocycles. The molecule has 2 heterocycles. The second-order valence-electron chi connectivity index (χ2n) is 6.38. The zero-order valence-corrected chi connectivity index (χ0v) is 16.7. The van der Waals surface area contributed by atoms with Crippen LogP contribution in [0.15, 0.2) is 61.1 Å². The van der Waals surface area contributed by atoms with Crippen molar-refractivity contribution < 1.29 is 19.0 Å². The quantitative estimate of drug-likeness (QED) is 0.487. The van der Waals surface area contributed by atoms with Crippen LogP contribution in [-0.2, 0) is 4.74 Å². The number of esters is 1. The van der Waals surface area contributed by atoms with Crippen LogP contribution in [0, 0.1) is 0 Å². The number of hydrogen-bond donors (Lipinski definition) is 1. The van der Waals surface area contributed by atoms with Gasteiger partial charge in [-0.2, -0.15) is 0 Å². The van der Waals surface area contributed by atoms with Gasteiger partial charge in [0.15, 0.2) is 17.1 Å². The summed E-state index contributed by atoms with van der Waals surface area (Å²) in [6, 6.07) is 12.7. The van der Waals surface area contributed by atoms with Gasteiger partial charge in [-0.25, -0.2) is 9.78 Å². The van der Waals surface area contributed by atoms with Crippen LogP contribution in [0.5, 0.6) is 11.5 Å². The molecule has 4 rings (SSSR count). The topological polar surface area (TPSA) is 87.0 Å². The van der Waals surface area contributed by atoms with Crippen molar-refractivity contribution in [3.05, 3.63) is 66.6 Å². The van der Waals surface area contributed by atoms with Crippen molar-refractivity contribution in [1.82, 2.24) is 14.4 Å². The summed E-state index contributed by atoms with van der Waals surface area (Å²) < 4.78 is 17.4. The van der Waals surface area contributed by atoms with Gasteiger partial charge in [0.05, 0.1) is 33.1 Å². The second kappa shape index (κ2) is 8.12. The molecule has 0 aliphatic carbocycles. The van der Waals surface area contributed by atoms with E-state index in [1.54, 1.807) is 38.7 Å². The lowest BCUT2D eigenvalue weighted by molar-refractivity contribution is 0.0601. The number of hydrogen-bond acceptors (Lipinski definition) is 7. The molecule has 8 nitrogen and oxygen atoms in total. The van der Waals surface area contributed by atoms with Gasteiger partial charge >= 0.3 is 5.97 Å². The number of aromatic nitrogens is 3. The molecule has 2 aromatic heterocycles. The van der Waals surface area contributed by atoms with Crippen LogP contribution in [0.4, 0.5) is 11.5 Å². The van der Waals surface area contributed by atoms with Crippen molar-refractivity contribution in [2.24, 2.45) is 0 Å². The Kier molecular flexibility index (Phi) is 5.21. The number of ether oxygens (including phenoxy) is 3. The summed E-state index contributed by atoms with van der Waals surface area (Å²) >= 11 is 0. The first kappa shape index (κ1) is 19.3. The maximum Gasteiger partial charge on any atom is 0.337 e. The maximum atomic E-state index is 11.7. The molecule has 0 aliphatic rings. The van der Waals surface area contributed by atoms with E-state index in [9.17, 15) is 4.79 Å². The molecule has 1 N–H and O–H groups in total. The molecule has 0 unspecified atom stereocenters. The summed E-state index contributed by atoms with van der Waals surface area (Å²) in [6.45, 7) is 0. The van der Waals surface area contributed by atoms with Crippen molar-refractivity contribution in [1.29, 1.82) is 0 Å². The minimum absolute atomic E-state index is 0.385. The molecule has 152 valence electrons. The Morgan fingerprint density at radius 1 is 1.00 bits per heavy atom. The highest BCUT2D eigenvalue weighted by atomic mass is 16.5. The van der Waals surface area contributed by atoms with Crippen LogP contribution in [0.2, 0.25) is 0 Å². The zero-order valence-electron chi connectivity index (χ0n) is 16.7. The van der Waals surface area contributed by atoms with Crippen molar-refractivity contribution in [3.8, 4) is 22.8 Å². The molecule has 2 aromatic carbocycles. The highest BCUT2D eigenvalue weighted by Gasteiger charge is 2.16. The van der Waals surface area contributed by atoms with E-state index in [0.29, 0.717) is 28.4 Å². The Bertz CT molecular complexity index is 1200. The minimum Gasteiger partial charge on any atom is -0.493 e. The number of nitrogens with zero attached hydrogens (tertiary/aromatic N) is 3. The number of carbonyl (C=O) groups excluding carboxylic acids is 1. The van der Waals surface area contributed by atoms with Gasteiger partial charge in [-0.1, -0.05) is 12.1 Å². The largest absolute Gasteiger partial charge is 0.493 e. The van der Waals surface area contributed by atoms with Crippen LogP contribution in [0.3, 0.4) is 0 Å². The van der Waals surface area contributed by atoms with Gasteiger partial charge in [0.25, 0.3) is 0 Å². The Hall–Kier alpha value is -4.07. The first-order chi connectivity index (χ1) is 14.6. The van der Waals surface area contributed by atoms with Gasteiger partial charge in [0.1, 0.15) is 11.5 Å². The Balaban J connectivity index is 1.79. The molecular weight excluding hydrogens is 384 g/mol. The van der Waals surface area contributed by atoms with E-state index in [0.717, 1.165) is 17.1 Å². The summed E-state index contributed by atoms with van der Waals surface area (Å²) in [6.07, 6.45) is 5.21. The fraction of sp³-hybridized carbons (Fsp3) is 0.136. The summed E-state index contributed by atoms with van der Waals surface area (Å²) in [5.41, 5.74) is 3.52. The van der Waals surface area contributed by atoms with E-state index in [2.05, 4.69) is 10.3 Å². The molecule has 0 aliphatic heterocycles. The third kappa shape index (κ3) is 3.50. The predicted molar refractivity (Wildman–Crippen MR) is 113 cm³/mol. The first-order valence-corrected chi connectivity index (χ1v) is 9.14. The monoisotopic (exact) mass is 404 g/mol. The molecule has 0 amide bonds. The van der Waals surface area contributed by atoms with E-state index in [1.807, 2.05) is 40.9 Å². The third-order valence-corrected chi connectivity index (χ3v) is 4.66. The summed E-state index contributed by atoms with van der Waals surface area (Å²) in [5, 5.41) is 3.41. The lowest BCUT2D eigenvalue weighted by atomic mass is 10.1. The normalized spacial score (nSPS) is 10.6. The van der Waals surface area contributed by atoms with Crippen LogP contribution in [-0.4, -0.2) is 41.7 Å². The average Bonchev–Trinajstić information content (AvgIpc) is 3.17. The molecule has 4 aromatic rings. The minimum atomic E-state index is -0.385. The smallest absolute Gasteiger partial charge is 0.337 e. The van der Waals surface area contributed by atoms with Crippen molar-refractivity contribution >= 4 is 23.1 Å². The fourth-order valence-electron chi connectivity index (χ4n) is 3.16. The standard InChI is InChI=1S/C22H20N4O4/c1-28-17-9-8-16(12-18(17)29-2)24-21-20(25-19-13-23-10-11-26(19)21)14-4-6-15(7-5-14)22(27)30-3/h4-13,24H,1-3H3. The fourth-order valence-corrected chi connectivity index (χ4v) is 3.16. The number of methoxy groups -OCH3 is 3. The summed E-state index contributed by atoms with van der Waals surface area (Å²) in [4.78, 5) is 20.6. The lowest BCUT2D eigenvalue weighted by Gasteiger charge is -2.12. The van der Waals surface area contributed by atoms with Crippen LogP contribution < -0.4 is 14.8 Å². The van der Waals surface area contributed by atoms with Gasteiger partial charge in [-0.15, -0.1) is 0 Å². The van der Waals surface area contributed by atoms with Gasteiger partial charge in [-0.3, -0.25) is 9.38 Å². The maximum absolute atomic E-state index is 11.7. The number of carbonyl (C=O) groups is 1. The molecule has 30 heavy (non-hydrogen) atoms. The SMILES string of the molecule is COC(=O)c1ccc(-c2nc3cnccn3c2Nc2ccc(OC)c(OC)c2)cc1. The molecular formula is C22H20N4O4. The Labute approximate surface area is 173 Å². The third-order valence-electron chi connectivity index (χ3n) is 4.66. The highest BCUT2D eigenvalue weighted by Crippen LogP contribution is 2.34. The van der Waals surface area contributed by atoms with E-state index >= 15 is 0 Å². The van der Waals surface area contributed by atoms with E-state index in [4.69, 9.17) is 19.2 Å². The van der Waals surface area contributed by atoms with Gasteiger partial charge in [-0.05, 0) is 24.3 Å². The van der Waals surface area contributed by atoms with Crippen LogP contribution in [0.1, 0.15) is 10.4 Å². The molecule has 0 saturated carbocycles. The molecule has 0 atom stereocenters. The summed E-state index contributed by atoms with van der Waals surface area (Å²) in [7, 11) is 4.55. The Morgan fingerprint density at radius 3 is 2.47 bits per heavy atom. The van der Waals surface area contributed by atoms with E-state index < -0.39 is 0 Å². The molecule has 0 radical (unpaired) electrons. The molecule has 8 heteroatoms. The first-order valence-electron chi connectivity index (χ1n) is 9.14. The number of fused-ring (bicyclic) bond motifs is 1. The lowest BCUT2D eigenvalue weighted by Crippen LogP contribution is -2.01. The number of imidazole rings is 1. The van der Waals surface area contributed by atoms with Crippen LogP contribution in [0.25, 0.3) is 16.9 Å². The van der Waals surface area contributed by atoms with E-state index in [-0.39, 0.29) is 5.97 Å². The van der Waals surface area contributed by atoms with Crippen molar-refractivity contribution in [2.45, 2.75) is 0 Å². The average molecular weight is 404 g/mol. The predicted octanol–water partition coefficient (Wildman–Crippen LogP) is 3.94. The van der Waals surface area contributed by atoms with E-state index in [1.165, 1.54) is 7.11 Å².